The predicted molar refractivity (Wildman–Crippen MR) is 139 cm³/mol. The Morgan fingerprint density at radius 1 is 1.19 bits per heavy atom. The number of aliphatic hydroxyl groups excluding tert-OH is 1. The Morgan fingerprint density at radius 3 is 2.62 bits per heavy atom. The number of para-hydroxylation sites is 1. The first kappa shape index (κ1) is 28.7. The lowest BCUT2D eigenvalue weighted by molar-refractivity contribution is -0.137. The SMILES string of the molecule is COc1ccccc1COCCCOC1C=CC(N2C(=O)CN(C(=O)OC(C)(C)C)C[C@@H]2CO)=CC1C. The van der Waals surface area contributed by atoms with E-state index in [-0.39, 0.29) is 37.6 Å². The van der Waals surface area contributed by atoms with Gasteiger partial charge in [-0.1, -0.05) is 37.3 Å². The molecule has 0 bridgehead atoms. The van der Waals surface area contributed by atoms with Crippen LogP contribution in [0.2, 0.25) is 0 Å². The van der Waals surface area contributed by atoms with Crippen LogP contribution in [0.4, 0.5) is 4.79 Å². The van der Waals surface area contributed by atoms with Gasteiger partial charge in [-0.25, -0.2) is 4.79 Å². The maximum Gasteiger partial charge on any atom is 0.410 e. The summed E-state index contributed by atoms with van der Waals surface area (Å²) in [5.74, 6) is 0.590. The van der Waals surface area contributed by atoms with Crippen LogP contribution in [-0.2, 0) is 25.6 Å². The number of nitrogens with zero attached hydrogens (tertiary/aromatic N) is 2. The highest BCUT2D eigenvalue weighted by atomic mass is 16.6. The van der Waals surface area contributed by atoms with E-state index in [1.165, 1.54) is 4.90 Å². The van der Waals surface area contributed by atoms with Gasteiger partial charge in [0.25, 0.3) is 0 Å². The van der Waals surface area contributed by atoms with Gasteiger partial charge in [-0.15, -0.1) is 0 Å². The second kappa shape index (κ2) is 13.1. The molecule has 3 atom stereocenters. The minimum atomic E-state index is -0.660. The summed E-state index contributed by atoms with van der Waals surface area (Å²) < 4.78 is 22.6. The van der Waals surface area contributed by atoms with Crippen molar-refractivity contribution in [3.05, 3.63) is 53.8 Å². The number of aliphatic hydroxyl groups is 1. The monoisotopic (exact) mass is 516 g/mol. The highest BCUT2D eigenvalue weighted by molar-refractivity contribution is 5.86. The van der Waals surface area contributed by atoms with Gasteiger partial charge in [0.15, 0.2) is 0 Å². The topological polar surface area (TPSA) is 97.8 Å². The first-order valence-electron chi connectivity index (χ1n) is 12.7. The van der Waals surface area contributed by atoms with E-state index in [2.05, 4.69) is 0 Å². The van der Waals surface area contributed by atoms with E-state index in [1.807, 2.05) is 49.4 Å². The maximum atomic E-state index is 13.0. The van der Waals surface area contributed by atoms with Crippen molar-refractivity contribution >= 4 is 12.0 Å². The summed E-state index contributed by atoms with van der Waals surface area (Å²) in [5.41, 5.74) is 1.06. The number of methoxy groups -OCH3 is 1. The number of hydrogen-bond donors (Lipinski definition) is 1. The molecule has 1 aromatic carbocycles. The van der Waals surface area contributed by atoms with Gasteiger partial charge < -0.3 is 29.0 Å². The minimum absolute atomic E-state index is 0.0329. The fraction of sp³-hybridized carbons (Fsp3) is 0.571. The molecular formula is C28H40N2O7. The van der Waals surface area contributed by atoms with Crippen LogP contribution in [0.1, 0.15) is 39.7 Å². The van der Waals surface area contributed by atoms with E-state index in [1.54, 1.807) is 32.8 Å². The molecule has 3 rings (SSSR count). The first-order chi connectivity index (χ1) is 17.6. The van der Waals surface area contributed by atoms with E-state index in [4.69, 9.17) is 18.9 Å². The molecule has 9 heteroatoms. The molecule has 0 saturated carbocycles. The molecule has 1 N–H and O–H groups in total. The molecule has 2 amide bonds. The number of ether oxygens (including phenoxy) is 4. The third kappa shape index (κ3) is 8.05. The lowest BCUT2D eigenvalue weighted by atomic mass is 9.96. The summed E-state index contributed by atoms with van der Waals surface area (Å²) in [4.78, 5) is 28.4. The number of carbonyl (C=O) groups is 2. The van der Waals surface area contributed by atoms with E-state index in [9.17, 15) is 14.7 Å². The van der Waals surface area contributed by atoms with Crippen molar-refractivity contribution in [1.82, 2.24) is 9.80 Å². The van der Waals surface area contributed by atoms with Crippen molar-refractivity contribution in [1.29, 1.82) is 0 Å². The number of amides is 2. The third-order valence-electron chi connectivity index (χ3n) is 6.13. The zero-order valence-corrected chi connectivity index (χ0v) is 22.5. The van der Waals surface area contributed by atoms with Gasteiger partial charge in [-0.2, -0.15) is 0 Å². The van der Waals surface area contributed by atoms with E-state index >= 15 is 0 Å². The van der Waals surface area contributed by atoms with Crippen LogP contribution in [0.15, 0.2) is 48.2 Å². The van der Waals surface area contributed by atoms with Crippen LogP contribution in [0.3, 0.4) is 0 Å². The number of piperazine rings is 1. The van der Waals surface area contributed by atoms with Crippen molar-refractivity contribution in [2.75, 3.05) is 40.0 Å². The number of allylic oxidation sites excluding steroid dienone is 1. The van der Waals surface area contributed by atoms with E-state index in [0.29, 0.717) is 25.5 Å². The van der Waals surface area contributed by atoms with Gasteiger partial charge in [0.1, 0.15) is 17.9 Å². The minimum Gasteiger partial charge on any atom is -0.496 e. The van der Waals surface area contributed by atoms with Gasteiger partial charge in [0.2, 0.25) is 5.91 Å². The van der Waals surface area contributed by atoms with Gasteiger partial charge >= 0.3 is 6.09 Å². The van der Waals surface area contributed by atoms with Gasteiger partial charge in [-0.05, 0) is 39.3 Å². The Bertz CT molecular complexity index is 985. The van der Waals surface area contributed by atoms with Crippen molar-refractivity contribution in [3.8, 4) is 5.75 Å². The summed E-state index contributed by atoms with van der Waals surface area (Å²) in [7, 11) is 1.65. The molecule has 9 nitrogen and oxygen atoms in total. The lowest BCUT2D eigenvalue weighted by Crippen LogP contribution is -2.59. The van der Waals surface area contributed by atoms with E-state index in [0.717, 1.165) is 17.7 Å². The Balaban J connectivity index is 1.46. The van der Waals surface area contributed by atoms with Crippen molar-refractivity contribution in [2.45, 2.75) is 58.5 Å². The zero-order valence-electron chi connectivity index (χ0n) is 22.5. The summed E-state index contributed by atoms with van der Waals surface area (Å²) in [6.07, 6.45) is 5.85. The number of rotatable bonds is 10. The maximum absolute atomic E-state index is 13.0. The third-order valence-corrected chi connectivity index (χ3v) is 6.13. The lowest BCUT2D eigenvalue weighted by Gasteiger charge is -2.42. The van der Waals surface area contributed by atoms with Gasteiger partial charge in [0, 0.05) is 36.9 Å². The normalized spacial score (nSPS) is 22.2. The molecule has 1 saturated heterocycles. The average molecular weight is 517 g/mol. The Hall–Kier alpha value is -2.88. The van der Waals surface area contributed by atoms with Crippen LogP contribution in [0.5, 0.6) is 5.75 Å². The Labute approximate surface area is 219 Å². The van der Waals surface area contributed by atoms with Gasteiger partial charge in [-0.3, -0.25) is 9.69 Å². The average Bonchev–Trinajstić information content (AvgIpc) is 2.85. The summed E-state index contributed by atoms with van der Waals surface area (Å²) in [6, 6.07) is 7.24. The first-order valence-corrected chi connectivity index (χ1v) is 12.7. The standard InChI is InChI=1S/C28H40N2O7/c1-20-15-22(30-23(18-31)16-29(17-26(30)32)27(33)37-28(2,3)4)11-12-24(20)36-14-8-13-35-19-21-9-6-7-10-25(21)34-5/h6-7,9-12,15,20,23-24,31H,8,13-14,16-19H2,1-5H3/t20?,23-,24?/m1/s1. The summed E-state index contributed by atoms with van der Waals surface area (Å²) in [6.45, 7) is 8.79. The van der Waals surface area contributed by atoms with Crippen LogP contribution < -0.4 is 4.74 Å². The molecule has 1 aromatic rings. The van der Waals surface area contributed by atoms with Crippen LogP contribution in [0, 0.1) is 5.92 Å². The van der Waals surface area contributed by atoms with Gasteiger partial charge in [0.05, 0.1) is 32.5 Å². The molecule has 0 aromatic heterocycles. The molecule has 204 valence electrons. The molecular weight excluding hydrogens is 476 g/mol. The van der Waals surface area contributed by atoms with E-state index < -0.39 is 17.7 Å². The second-order valence-electron chi connectivity index (χ2n) is 10.3. The van der Waals surface area contributed by atoms with Crippen molar-refractivity contribution in [3.63, 3.8) is 0 Å². The Morgan fingerprint density at radius 2 is 1.95 bits per heavy atom. The van der Waals surface area contributed by atoms with Crippen molar-refractivity contribution in [2.24, 2.45) is 5.92 Å². The second-order valence-corrected chi connectivity index (χ2v) is 10.3. The quantitative estimate of drug-likeness (QED) is 0.475. The highest BCUT2D eigenvalue weighted by Crippen LogP contribution is 2.27. The number of carbonyl (C=O) groups excluding carboxylic acids is 2. The highest BCUT2D eigenvalue weighted by Gasteiger charge is 2.38. The molecule has 1 heterocycles. The molecule has 1 aliphatic heterocycles. The molecule has 2 aliphatic rings. The number of benzene rings is 1. The molecule has 1 fully saturated rings. The number of hydrogen-bond acceptors (Lipinski definition) is 7. The van der Waals surface area contributed by atoms with Crippen molar-refractivity contribution < 1.29 is 33.6 Å². The fourth-order valence-corrected chi connectivity index (χ4v) is 4.34. The van der Waals surface area contributed by atoms with Crippen LogP contribution in [-0.4, -0.2) is 84.7 Å². The summed E-state index contributed by atoms with van der Waals surface area (Å²) >= 11 is 0. The fourth-order valence-electron chi connectivity index (χ4n) is 4.34. The molecule has 37 heavy (non-hydrogen) atoms. The van der Waals surface area contributed by atoms with Crippen LogP contribution >= 0.6 is 0 Å². The smallest absolute Gasteiger partial charge is 0.410 e. The Kier molecular flexibility index (Phi) is 10.1. The zero-order chi connectivity index (χ0) is 27.0. The molecule has 2 unspecified atom stereocenters. The largest absolute Gasteiger partial charge is 0.496 e. The summed E-state index contributed by atoms with van der Waals surface area (Å²) in [5, 5.41) is 9.98. The predicted octanol–water partition coefficient (Wildman–Crippen LogP) is 3.52. The molecule has 0 radical (unpaired) electrons. The van der Waals surface area contributed by atoms with Crippen LogP contribution in [0.25, 0.3) is 0 Å². The molecule has 1 aliphatic carbocycles. The molecule has 0 spiro atoms.